The van der Waals surface area contributed by atoms with E-state index in [0.29, 0.717) is 12.6 Å². The molecule has 29 heavy (non-hydrogen) atoms. The van der Waals surface area contributed by atoms with Crippen molar-refractivity contribution < 1.29 is 19.4 Å². The summed E-state index contributed by atoms with van der Waals surface area (Å²) in [4.78, 5) is 27.5. The van der Waals surface area contributed by atoms with Crippen molar-refractivity contribution in [3.05, 3.63) is 33.4 Å². The summed E-state index contributed by atoms with van der Waals surface area (Å²) in [5.41, 5.74) is 6.04. The van der Waals surface area contributed by atoms with Crippen molar-refractivity contribution in [1.29, 1.82) is 0 Å². The summed E-state index contributed by atoms with van der Waals surface area (Å²) < 4.78 is 6.46. The van der Waals surface area contributed by atoms with Crippen molar-refractivity contribution in [2.24, 2.45) is 5.73 Å². The van der Waals surface area contributed by atoms with Gasteiger partial charge in [0.05, 0.1) is 0 Å². The molecule has 1 aromatic carbocycles. The monoisotopic (exact) mass is 534 g/mol. The Morgan fingerprint density at radius 2 is 1.93 bits per heavy atom. The van der Waals surface area contributed by atoms with E-state index in [0.717, 1.165) is 15.2 Å². The van der Waals surface area contributed by atoms with Crippen LogP contribution < -0.4 is 11.1 Å². The number of nitrogens with one attached hydrogen (secondary N) is 1. The summed E-state index contributed by atoms with van der Waals surface area (Å²) in [7, 11) is -2.00. The van der Waals surface area contributed by atoms with Crippen LogP contribution in [0.2, 0.25) is 19.1 Å². The van der Waals surface area contributed by atoms with E-state index in [-0.39, 0.29) is 5.91 Å². The second-order valence-corrected chi connectivity index (χ2v) is 16.9. The first kappa shape index (κ1) is 24.1. The van der Waals surface area contributed by atoms with Gasteiger partial charge in [-0.1, -0.05) is 0 Å². The van der Waals surface area contributed by atoms with Crippen molar-refractivity contribution in [1.82, 2.24) is 10.2 Å². The van der Waals surface area contributed by atoms with Crippen LogP contribution in [-0.4, -0.2) is 60.2 Å². The molecule has 1 aliphatic rings. The van der Waals surface area contributed by atoms with E-state index in [1.165, 1.54) is 0 Å². The van der Waals surface area contributed by atoms with Gasteiger partial charge in [-0.25, -0.2) is 0 Å². The normalized spacial score (nSPS) is 21.9. The van der Waals surface area contributed by atoms with Crippen LogP contribution in [0.5, 0.6) is 0 Å². The number of hydrogen-bond acceptors (Lipinski definition) is 5. The minimum absolute atomic E-state index is 0.227. The Labute approximate surface area is 187 Å². The van der Waals surface area contributed by atoms with Crippen molar-refractivity contribution >= 4 is 42.7 Å². The predicted molar refractivity (Wildman–Crippen MR) is 125 cm³/mol. The molecule has 2 rings (SSSR count). The number of ether oxygens (including phenoxy) is 1. The number of halogens is 1. The van der Waals surface area contributed by atoms with Gasteiger partial charge in [-0.3, -0.25) is 0 Å². The first-order chi connectivity index (χ1) is 13.3. The van der Waals surface area contributed by atoms with E-state index in [2.05, 4.69) is 41.0 Å². The first-order valence-corrected chi connectivity index (χ1v) is 15.0. The van der Waals surface area contributed by atoms with Crippen molar-refractivity contribution in [3.8, 4) is 0 Å². The zero-order chi connectivity index (χ0) is 22.0. The Morgan fingerprint density at radius 3 is 2.45 bits per heavy atom. The number of alkyl carbamates (subject to hydrolysis) is 1. The van der Waals surface area contributed by atoms with E-state index in [1.807, 2.05) is 24.3 Å². The quantitative estimate of drug-likeness (QED) is 0.305. The standard InChI is InChI=1S/C20H33IN3O4Si/c1-20(2,3)28-19(27)23-15(10-13-6-8-14(21)9-7-13)18(26)24-12-29(4,5)11-16(24)17(22)25/h6-9,15-17,25,29H,10-12,22H2,1-5H3,(H,23,27)/q-1. The molecule has 7 nitrogen and oxygen atoms in total. The number of aliphatic hydroxyl groups excluding tert-OH is 1. The fourth-order valence-corrected chi connectivity index (χ4v) is 7.67. The molecule has 1 aromatic rings. The molecule has 3 unspecified atom stereocenters. The number of aliphatic hydroxyl groups is 1. The second-order valence-electron chi connectivity index (χ2n) is 9.81. The Morgan fingerprint density at radius 1 is 1.34 bits per heavy atom. The molecule has 0 bridgehead atoms. The zero-order valence-corrected chi connectivity index (χ0v) is 21.1. The SMILES string of the molecule is CC(C)(C)OC(=O)NC(Cc1ccc(I)cc1)C(=O)N1C[SiH-](C)(C)CC1C(N)O. The predicted octanol–water partition coefficient (Wildman–Crippen LogP) is 2.19. The van der Waals surface area contributed by atoms with Crippen LogP contribution in [0.3, 0.4) is 0 Å². The number of nitrogens with zero attached hydrogens (tertiary/aromatic N) is 1. The molecule has 9 heteroatoms. The molecule has 0 spiro atoms. The summed E-state index contributed by atoms with van der Waals surface area (Å²) in [6.07, 6.45) is -0.765. The molecule has 2 amide bonds. The van der Waals surface area contributed by atoms with E-state index in [9.17, 15) is 14.7 Å². The molecule has 1 saturated heterocycles. The second kappa shape index (κ2) is 9.32. The fraction of sp³-hybridized carbons (Fsp3) is 0.600. The third-order valence-electron chi connectivity index (χ3n) is 4.99. The average molecular weight is 534 g/mol. The average Bonchev–Trinajstić information content (AvgIpc) is 2.90. The Balaban J connectivity index is 2.26. The van der Waals surface area contributed by atoms with Crippen LogP contribution in [0.15, 0.2) is 24.3 Å². The van der Waals surface area contributed by atoms with Gasteiger partial charge in [0.15, 0.2) is 0 Å². The molecule has 1 fully saturated rings. The molecule has 1 heterocycles. The molecular formula is C20H33IN3O4Si-. The number of rotatable bonds is 5. The number of hydrogen-bond donors (Lipinski definition) is 3. The van der Waals surface area contributed by atoms with E-state index in [4.69, 9.17) is 10.5 Å². The summed E-state index contributed by atoms with van der Waals surface area (Å²) in [6.45, 7) is 9.73. The van der Waals surface area contributed by atoms with Crippen LogP contribution in [0.4, 0.5) is 4.79 Å². The molecule has 0 aromatic heterocycles. The Bertz CT molecular complexity index is 734. The summed E-state index contributed by atoms with van der Waals surface area (Å²) in [6, 6.07) is 7.37. The van der Waals surface area contributed by atoms with E-state index < -0.39 is 38.1 Å². The number of amides is 2. The molecule has 0 radical (unpaired) electrons. The molecule has 0 saturated carbocycles. The van der Waals surface area contributed by atoms with Crippen molar-refractivity contribution in [2.75, 3.05) is 6.17 Å². The first-order valence-electron chi connectivity index (χ1n) is 10.0. The number of nitrogens with two attached hydrogens (primary N) is 1. The topological polar surface area (TPSA) is 105 Å². The summed E-state index contributed by atoms with van der Waals surface area (Å²) in [5, 5.41) is 12.8. The molecule has 3 atom stereocenters. The van der Waals surface area contributed by atoms with Gasteiger partial charge in [-0.05, 0) is 0 Å². The zero-order valence-electron chi connectivity index (χ0n) is 17.8. The van der Waals surface area contributed by atoms with Crippen LogP contribution in [0.1, 0.15) is 26.3 Å². The molecule has 164 valence electrons. The van der Waals surface area contributed by atoms with Crippen LogP contribution in [0, 0.1) is 3.57 Å². The maximum absolute atomic E-state index is 13.4. The van der Waals surface area contributed by atoms with Gasteiger partial charge in [-0.2, -0.15) is 0 Å². The van der Waals surface area contributed by atoms with Crippen molar-refractivity contribution in [2.45, 2.75) is 70.2 Å². The number of carbonyl (C=O) groups excluding carboxylic acids is 2. The Hall–Kier alpha value is -1.17. The summed E-state index contributed by atoms with van der Waals surface area (Å²) >= 11 is 2.22. The van der Waals surface area contributed by atoms with Gasteiger partial charge in [0.2, 0.25) is 0 Å². The van der Waals surface area contributed by atoms with Crippen LogP contribution in [-0.2, 0) is 16.0 Å². The molecule has 1 aliphatic heterocycles. The van der Waals surface area contributed by atoms with Gasteiger partial charge in [0, 0.05) is 0 Å². The third kappa shape index (κ3) is 7.23. The van der Waals surface area contributed by atoms with Crippen LogP contribution in [0.25, 0.3) is 0 Å². The van der Waals surface area contributed by atoms with Gasteiger partial charge in [0.25, 0.3) is 0 Å². The Kier molecular flexibility index (Phi) is 7.74. The number of carbonyl (C=O) groups is 2. The van der Waals surface area contributed by atoms with Crippen molar-refractivity contribution in [3.63, 3.8) is 0 Å². The number of benzene rings is 1. The van der Waals surface area contributed by atoms with Gasteiger partial charge >= 0.3 is 188 Å². The third-order valence-corrected chi connectivity index (χ3v) is 8.85. The summed E-state index contributed by atoms with van der Waals surface area (Å²) in [5.74, 6) is -0.227. The van der Waals surface area contributed by atoms with Gasteiger partial charge in [-0.15, -0.1) is 0 Å². The minimum atomic E-state index is -2.00. The van der Waals surface area contributed by atoms with Gasteiger partial charge in [0.1, 0.15) is 0 Å². The molecule has 0 aliphatic carbocycles. The molecule has 4 N–H and O–H groups in total. The van der Waals surface area contributed by atoms with Gasteiger partial charge < -0.3 is 0 Å². The maximum atomic E-state index is 13.4. The van der Waals surface area contributed by atoms with E-state index in [1.54, 1.807) is 25.7 Å². The van der Waals surface area contributed by atoms with E-state index >= 15 is 0 Å². The van der Waals surface area contributed by atoms with Crippen LogP contribution >= 0.6 is 22.6 Å². The fourth-order valence-electron chi connectivity index (χ4n) is 3.81. The molecular weight excluding hydrogens is 501 g/mol.